The van der Waals surface area contributed by atoms with E-state index in [-0.39, 0.29) is 10.0 Å². The largest absolute Gasteiger partial charge is 0.263 e. The number of rotatable bonds is 3. The number of hydrogen-bond donors (Lipinski definition) is 1. The molecule has 2 aromatic rings. The van der Waals surface area contributed by atoms with Crippen LogP contribution in [0.15, 0.2) is 23.1 Å². The number of aryl methyl sites for hydroxylation is 1. The molecule has 118 valence electrons. The molecule has 1 aromatic heterocycles. The maximum Gasteiger partial charge on any atom is 0.263 e. The van der Waals surface area contributed by atoms with Gasteiger partial charge in [-0.2, -0.15) is 0 Å². The van der Waals surface area contributed by atoms with Crippen molar-refractivity contribution in [2.45, 2.75) is 31.1 Å². The SMILES string of the molecule is CC1CCc2nc(NS(=O)(=O)c3ccc(F)c(F)c3)sc2C1. The van der Waals surface area contributed by atoms with Crippen LogP contribution < -0.4 is 4.72 Å². The first-order chi connectivity index (χ1) is 10.3. The fraction of sp³-hybridized carbons (Fsp3) is 0.357. The molecule has 1 N–H and O–H groups in total. The first-order valence-electron chi connectivity index (χ1n) is 6.81. The smallest absolute Gasteiger partial charge is 0.255 e. The number of benzene rings is 1. The van der Waals surface area contributed by atoms with E-state index in [2.05, 4.69) is 16.6 Å². The van der Waals surface area contributed by atoms with E-state index in [1.165, 1.54) is 11.3 Å². The van der Waals surface area contributed by atoms with Gasteiger partial charge in [-0.15, -0.1) is 11.3 Å². The lowest BCUT2D eigenvalue weighted by molar-refractivity contribution is 0.502. The highest BCUT2D eigenvalue weighted by Gasteiger charge is 2.23. The van der Waals surface area contributed by atoms with Crippen molar-refractivity contribution in [2.24, 2.45) is 5.92 Å². The summed E-state index contributed by atoms with van der Waals surface area (Å²) >= 11 is 1.30. The van der Waals surface area contributed by atoms with Crippen molar-refractivity contribution in [1.82, 2.24) is 4.98 Å². The summed E-state index contributed by atoms with van der Waals surface area (Å²) in [4.78, 5) is 5.06. The number of nitrogens with one attached hydrogen (secondary N) is 1. The summed E-state index contributed by atoms with van der Waals surface area (Å²) in [6, 6.07) is 2.47. The third kappa shape index (κ3) is 2.98. The second-order valence-corrected chi connectivity index (χ2v) is 8.18. The van der Waals surface area contributed by atoms with E-state index >= 15 is 0 Å². The molecule has 1 unspecified atom stereocenters. The molecule has 0 aliphatic heterocycles. The van der Waals surface area contributed by atoms with Gasteiger partial charge in [0.15, 0.2) is 16.8 Å². The molecule has 8 heteroatoms. The van der Waals surface area contributed by atoms with Gasteiger partial charge in [-0.25, -0.2) is 22.2 Å². The van der Waals surface area contributed by atoms with E-state index in [4.69, 9.17) is 0 Å². The number of sulfonamides is 1. The number of hydrogen-bond acceptors (Lipinski definition) is 4. The van der Waals surface area contributed by atoms with Crippen LogP contribution in [0.2, 0.25) is 0 Å². The van der Waals surface area contributed by atoms with Crippen LogP contribution in [0, 0.1) is 17.6 Å². The van der Waals surface area contributed by atoms with Crippen molar-refractivity contribution in [1.29, 1.82) is 0 Å². The van der Waals surface area contributed by atoms with Crippen LogP contribution in [0.4, 0.5) is 13.9 Å². The Kier molecular flexibility index (Phi) is 3.90. The van der Waals surface area contributed by atoms with Gasteiger partial charge in [-0.05, 0) is 43.4 Å². The summed E-state index contributed by atoms with van der Waals surface area (Å²) in [7, 11) is -3.97. The second kappa shape index (κ2) is 5.58. The summed E-state index contributed by atoms with van der Waals surface area (Å²) in [5.74, 6) is -1.73. The number of aromatic nitrogens is 1. The van der Waals surface area contributed by atoms with Gasteiger partial charge in [0.25, 0.3) is 10.0 Å². The molecular formula is C14H14F2N2O2S2. The van der Waals surface area contributed by atoms with E-state index in [1.807, 2.05) is 0 Å². The molecule has 22 heavy (non-hydrogen) atoms. The van der Waals surface area contributed by atoms with Crippen LogP contribution in [0.1, 0.15) is 23.9 Å². The van der Waals surface area contributed by atoms with Crippen molar-refractivity contribution >= 4 is 26.5 Å². The maximum atomic E-state index is 13.2. The van der Waals surface area contributed by atoms with Gasteiger partial charge >= 0.3 is 0 Å². The van der Waals surface area contributed by atoms with Crippen molar-refractivity contribution in [3.05, 3.63) is 40.4 Å². The topological polar surface area (TPSA) is 59.1 Å². The monoisotopic (exact) mass is 344 g/mol. The van der Waals surface area contributed by atoms with Gasteiger partial charge in [0.05, 0.1) is 10.6 Å². The zero-order valence-corrected chi connectivity index (χ0v) is 13.4. The summed E-state index contributed by atoms with van der Waals surface area (Å²) in [6.07, 6.45) is 2.76. The van der Waals surface area contributed by atoms with Crippen molar-refractivity contribution in [2.75, 3.05) is 4.72 Å². The fourth-order valence-corrected chi connectivity index (χ4v) is 4.82. The van der Waals surface area contributed by atoms with Crippen molar-refractivity contribution in [3.63, 3.8) is 0 Å². The number of halogens is 2. The predicted octanol–water partition coefficient (Wildman–Crippen LogP) is 3.35. The minimum atomic E-state index is -3.97. The Morgan fingerprint density at radius 2 is 2.09 bits per heavy atom. The van der Waals surface area contributed by atoms with Crippen molar-refractivity contribution in [3.8, 4) is 0 Å². The zero-order valence-electron chi connectivity index (χ0n) is 11.8. The molecule has 1 atom stereocenters. The molecule has 0 saturated heterocycles. The highest BCUT2D eigenvalue weighted by atomic mass is 32.2. The summed E-state index contributed by atoms with van der Waals surface area (Å²) in [5, 5.41) is 0.267. The molecule has 0 bridgehead atoms. The van der Waals surface area contributed by atoms with Gasteiger partial charge in [-0.1, -0.05) is 6.92 Å². The molecule has 1 aliphatic carbocycles. The summed E-state index contributed by atoms with van der Waals surface area (Å²) in [6.45, 7) is 2.15. The summed E-state index contributed by atoms with van der Waals surface area (Å²) in [5.41, 5.74) is 0.922. The first kappa shape index (κ1) is 15.4. The van der Waals surface area contributed by atoms with Crippen LogP contribution in [0.25, 0.3) is 0 Å². The Balaban J connectivity index is 1.87. The lowest BCUT2D eigenvalue weighted by Crippen LogP contribution is -2.13. The third-order valence-corrected chi connectivity index (χ3v) is 6.11. The average molecular weight is 344 g/mol. The maximum absolute atomic E-state index is 13.2. The average Bonchev–Trinajstić information content (AvgIpc) is 2.82. The quantitative estimate of drug-likeness (QED) is 0.929. The van der Waals surface area contributed by atoms with Gasteiger partial charge in [0.2, 0.25) is 0 Å². The van der Waals surface area contributed by atoms with E-state index in [1.54, 1.807) is 0 Å². The van der Waals surface area contributed by atoms with Crippen LogP contribution in [-0.4, -0.2) is 13.4 Å². The highest BCUT2D eigenvalue weighted by Crippen LogP contribution is 2.33. The predicted molar refractivity (Wildman–Crippen MR) is 80.5 cm³/mol. The Morgan fingerprint density at radius 3 is 2.82 bits per heavy atom. The van der Waals surface area contributed by atoms with E-state index < -0.39 is 21.7 Å². The second-order valence-electron chi connectivity index (χ2n) is 5.42. The van der Waals surface area contributed by atoms with Gasteiger partial charge in [0.1, 0.15) is 0 Å². The first-order valence-corrected chi connectivity index (χ1v) is 9.11. The Labute approximate surface area is 131 Å². The molecule has 1 aliphatic rings. The molecule has 0 spiro atoms. The lowest BCUT2D eigenvalue weighted by Gasteiger charge is -2.15. The van der Waals surface area contributed by atoms with Gasteiger partial charge in [-0.3, -0.25) is 4.72 Å². The molecule has 1 heterocycles. The summed E-state index contributed by atoms with van der Waals surface area (Å²) < 4.78 is 52.9. The minimum absolute atomic E-state index is 0.267. The zero-order chi connectivity index (χ0) is 15.9. The van der Waals surface area contributed by atoms with Gasteiger partial charge < -0.3 is 0 Å². The van der Waals surface area contributed by atoms with Crippen LogP contribution in [0.5, 0.6) is 0 Å². The Bertz CT molecular complexity index is 818. The Hall–Kier alpha value is -1.54. The normalized spacial score (nSPS) is 18.0. The standard InChI is InChI=1S/C14H14F2N2O2S2/c1-8-2-5-12-13(6-8)21-14(17-12)18-22(19,20)9-3-4-10(15)11(16)7-9/h3-4,7-8H,2,5-6H2,1H3,(H,17,18). The number of thiazole rings is 1. The third-order valence-electron chi connectivity index (χ3n) is 3.61. The molecular weight excluding hydrogens is 330 g/mol. The molecule has 1 aromatic carbocycles. The molecule has 0 amide bonds. The van der Waals surface area contributed by atoms with Crippen LogP contribution in [-0.2, 0) is 22.9 Å². The fourth-order valence-electron chi connectivity index (χ4n) is 2.40. The number of nitrogens with zero attached hydrogens (tertiary/aromatic N) is 1. The molecule has 0 fully saturated rings. The van der Waals surface area contributed by atoms with E-state index in [0.717, 1.165) is 42.0 Å². The molecule has 0 saturated carbocycles. The number of anilines is 1. The van der Waals surface area contributed by atoms with Crippen LogP contribution in [0.3, 0.4) is 0 Å². The van der Waals surface area contributed by atoms with E-state index in [0.29, 0.717) is 12.0 Å². The minimum Gasteiger partial charge on any atom is -0.255 e. The molecule has 0 radical (unpaired) electrons. The lowest BCUT2D eigenvalue weighted by atomic mass is 9.93. The molecule has 4 nitrogen and oxygen atoms in total. The van der Waals surface area contributed by atoms with E-state index in [9.17, 15) is 17.2 Å². The Morgan fingerprint density at radius 1 is 1.32 bits per heavy atom. The van der Waals surface area contributed by atoms with Crippen molar-refractivity contribution < 1.29 is 17.2 Å². The molecule has 3 rings (SSSR count). The highest BCUT2D eigenvalue weighted by molar-refractivity contribution is 7.93. The van der Waals surface area contributed by atoms with Crippen LogP contribution >= 0.6 is 11.3 Å². The van der Waals surface area contributed by atoms with Gasteiger partial charge in [0, 0.05) is 4.88 Å². The number of fused-ring (bicyclic) bond motifs is 1.